The number of carboxylic acids is 1. The van der Waals surface area contributed by atoms with Gasteiger partial charge < -0.3 is 15.2 Å². The molecule has 3 atom stereocenters. The van der Waals surface area contributed by atoms with Gasteiger partial charge in [0.15, 0.2) is 0 Å². The van der Waals surface area contributed by atoms with Crippen molar-refractivity contribution < 1.29 is 27.8 Å². The van der Waals surface area contributed by atoms with Crippen molar-refractivity contribution in [3.05, 3.63) is 41.5 Å². The van der Waals surface area contributed by atoms with Crippen molar-refractivity contribution >= 4 is 16.7 Å². The number of nitrogens with one attached hydrogen (secondary N) is 1. The first kappa shape index (κ1) is 25.8. The molecule has 2 saturated carbocycles. The molecule has 35 heavy (non-hydrogen) atoms. The van der Waals surface area contributed by atoms with Gasteiger partial charge in [0.05, 0.1) is 12.0 Å². The highest BCUT2D eigenvalue weighted by Gasteiger charge is 2.52. The van der Waals surface area contributed by atoms with E-state index in [1.165, 1.54) is 6.07 Å². The summed E-state index contributed by atoms with van der Waals surface area (Å²) in [7, 11) is 0. The van der Waals surface area contributed by atoms with Crippen molar-refractivity contribution in [2.45, 2.75) is 90.6 Å². The largest absolute Gasteiger partial charge is 0.490 e. The molecule has 0 saturated heterocycles. The second kappa shape index (κ2) is 9.64. The second-order valence-electron chi connectivity index (χ2n) is 11.0. The first-order valence-corrected chi connectivity index (χ1v) is 12.7. The van der Waals surface area contributed by atoms with Crippen molar-refractivity contribution in [3.63, 3.8) is 0 Å². The molecule has 0 radical (unpaired) electrons. The van der Waals surface area contributed by atoms with E-state index in [0.29, 0.717) is 24.1 Å². The fourth-order valence-corrected chi connectivity index (χ4v) is 5.77. The molecule has 3 unspecified atom stereocenters. The molecule has 7 heteroatoms. The van der Waals surface area contributed by atoms with E-state index < -0.39 is 29.0 Å². The zero-order valence-electron chi connectivity index (χ0n) is 20.9. The van der Waals surface area contributed by atoms with Crippen LogP contribution in [0.4, 0.5) is 13.2 Å². The number of alkyl halides is 3. The third-order valence-electron chi connectivity index (χ3n) is 8.33. The Kier molecular flexibility index (Phi) is 7.11. The molecule has 0 aliphatic heterocycles. The fourth-order valence-electron chi connectivity index (χ4n) is 5.77. The Hall–Kier alpha value is -2.28. The Balaban J connectivity index is 1.65. The Morgan fingerprint density at radius 1 is 1.17 bits per heavy atom. The zero-order chi connectivity index (χ0) is 25.5. The normalized spacial score (nSPS) is 27.3. The summed E-state index contributed by atoms with van der Waals surface area (Å²) in [5.41, 5.74) is -0.366. The molecule has 4 nitrogen and oxygen atoms in total. The maximum Gasteiger partial charge on any atom is 0.420 e. The van der Waals surface area contributed by atoms with Crippen LogP contribution in [0, 0.1) is 17.3 Å². The van der Waals surface area contributed by atoms with Crippen LogP contribution < -0.4 is 10.1 Å². The van der Waals surface area contributed by atoms with Crippen LogP contribution in [-0.2, 0) is 11.0 Å². The molecule has 2 aliphatic rings. The van der Waals surface area contributed by atoms with Gasteiger partial charge in [0, 0.05) is 12.1 Å². The van der Waals surface area contributed by atoms with Crippen LogP contribution in [0.3, 0.4) is 0 Å². The van der Waals surface area contributed by atoms with Crippen LogP contribution >= 0.6 is 0 Å². The molecule has 2 aromatic rings. The summed E-state index contributed by atoms with van der Waals surface area (Å²) in [6.07, 6.45) is -0.0799. The standard InChI is InChI=1S/C28H36F3NO3/c1-5-22(32-24-15-21(26(33)34)27(24,3)4)18-9-8-17-10-13-23(25(20(17)14-18)28(29,30)31)35-19-11-6-16(2)7-12-19/h8-10,13-14,16,19,21-22,24,32H,5-7,11-12,15H2,1-4H3,(H,33,34)/t16-,19+,21?,22?,24?. The lowest BCUT2D eigenvalue weighted by atomic mass is 9.58. The van der Waals surface area contributed by atoms with Gasteiger partial charge in [0.25, 0.3) is 0 Å². The van der Waals surface area contributed by atoms with E-state index in [2.05, 4.69) is 12.2 Å². The fraction of sp³-hybridized carbons (Fsp3) is 0.607. The van der Waals surface area contributed by atoms with E-state index in [1.807, 2.05) is 26.8 Å². The Morgan fingerprint density at radius 3 is 2.40 bits per heavy atom. The molecule has 0 spiro atoms. The number of hydrogen-bond acceptors (Lipinski definition) is 3. The van der Waals surface area contributed by atoms with Crippen molar-refractivity contribution in [2.75, 3.05) is 0 Å². The number of carboxylic acid groups (broad SMARTS) is 1. The Bertz CT molecular complexity index is 1070. The molecule has 2 aliphatic carbocycles. The highest BCUT2D eigenvalue weighted by molar-refractivity contribution is 5.89. The molecule has 2 aromatic carbocycles. The lowest BCUT2D eigenvalue weighted by Crippen LogP contribution is -2.59. The van der Waals surface area contributed by atoms with Crippen LogP contribution in [0.25, 0.3) is 10.8 Å². The molecule has 4 rings (SSSR count). The minimum atomic E-state index is -4.55. The maximum atomic E-state index is 14.4. The SMILES string of the molecule is CCC(NC1CC(C(=O)O)C1(C)C)c1ccc2ccc(O[C@H]3CC[C@@H](C)CC3)c(C(F)(F)F)c2c1. The van der Waals surface area contributed by atoms with Gasteiger partial charge in [-0.3, -0.25) is 4.79 Å². The van der Waals surface area contributed by atoms with Crippen LogP contribution in [0.5, 0.6) is 5.75 Å². The van der Waals surface area contributed by atoms with E-state index in [4.69, 9.17) is 4.74 Å². The zero-order valence-corrected chi connectivity index (χ0v) is 20.9. The predicted octanol–water partition coefficient (Wildman–Crippen LogP) is 7.36. The topological polar surface area (TPSA) is 58.6 Å². The molecule has 0 amide bonds. The number of hydrogen-bond donors (Lipinski definition) is 2. The van der Waals surface area contributed by atoms with Gasteiger partial charge in [-0.25, -0.2) is 0 Å². The molecule has 0 bridgehead atoms. The minimum Gasteiger partial charge on any atom is -0.490 e. The summed E-state index contributed by atoms with van der Waals surface area (Å²) in [6, 6.07) is 8.21. The van der Waals surface area contributed by atoms with Crippen LogP contribution in [0.2, 0.25) is 0 Å². The Morgan fingerprint density at radius 2 is 1.83 bits per heavy atom. The molecular formula is C28H36F3NO3. The lowest BCUT2D eigenvalue weighted by molar-refractivity contribution is -0.155. The number of aliphatic carboxylic acids is 1. The monoisotopic (exact) mass is 491 g/mol. The van der Waals surface area contributed by atoms with Gasteiger partial charge in [-0.2, -0.15) is 13.2 Å². The minimum absolute atomic E-state index is 0.0188. The number of ether oxygens (including phenoxy) is 1. The molecule has 192 valence electrons. The Labute approximate surface area is 205 Å². The smallest absolute Gasteiger partial charge is 0.420 e. The van der Waals surface area contributed by atoms with E-state index in [0.717, 1.165) is 31.2 Å². The number of fused-ring (bicyclic) bond motifs is 1. The predicted molar refractivity (Wildman–Crippen MR) is 130 cm³/mol. The van der Waals surface area contributed by atoms with Gasteiger partial charge in [0.2, 0.25) is 0 Å². The average molecular weight is 492 g/mol. The van der Waals surface area contributed by atoms with Gasteiger partial charge in [-0.05, 0) is 78.3 Å². The maximum absolute atomic E-state index is 14.4. The summed E-state index contributed by atoms with van der Waals surface area (Å²) in [5.74, 6) is -0.733. The van der Waals surface area contributed by atoms with Gasteiger partial charge in [-0.15, -0.1) is 0 Å². The van der Waals surface area contributed by atoms with Crippen LogP contribution in [0.15, 0.2) is 30.3 Å². The highest BCUT2D eigenvalue weighted by atomic mass is 19.4. The molecule has 2 fully saturated rings. The van der Waals surface area contributed by atoms with Crippen molar-refractivity contribution in [3.8, 4) is 5.75 Å². The van der Waals surface area contributed by atoms with Crippen molar-refractivity contribution in [1.82, 2.24) is 5.32 Å². The molecule has 0 aromatic heterocycles. The third-order valence-corrected chi connectivity index (χ3v) is 8.33. The van der Waals surface area contributed by atoms with Crippen LogP contribution in [-0.4, -0.2) is 23.2 Å². The molecular weight excluding hydrogens is 455 g/mol. The molecule has 2 N–H and O–H groups in total. The van der Waals surface area contributed by atoms with E-state index in [9.17, 15) is 23.1 Å². The number of halogens is 3. The van der Waals surface area contributed by atoms with Crippen molar-refractivity contribution in [1.29, 1.82) is 0 Å². The summed E-state index contributed by atoms with van der Waals surface area (Å²) in [4.78, 5) is 11.5. The highest BCUT2D eigenvalue weighted by Crippen LogP contribution is 2.48. The quantitative estimate of drug-likeness (QED) is 0.425. The lowest BCUT2D eigenvalue weighted by Gasteiger charge is -2.51. The van der Waals surface area contributed by atoms with Gasteiger partial charge in [0.1, 0.15) is 11.3 Å². The number of benzene rings is 2. The first-order valence-electron chi connectivity index (χ1n) is 12.7. The third kappa shape index (κ3) is 5.16. The summed E-state index contributed by atoms with van der Waals surface area (Å²) in [6.45, 7) is 8.00. The van der Waals surface area contributed by atoms with E-state index in [1.54, 1.807) is 18.2 Å². The van der Waals surface area contributed by atoms with E-state index in [-0.39, 0.29) is 29.3 Å². The summed E-state index contributed by atoms with van der Waals surface area (Å²) < 4.78 is 49.0. The second-order valence-corrected chi connectivity index (χ2v) is 11.0. The molecule has 0 heterocycles. The average Bonchev–Trinajstić information content (AvgIpc) is 2.78. The number of carbonyl (C=O) groups is 1. The van der Waals surface area contributed by atoms with Gasteiger partial charge in [-0.1, -0.05) is 45.9 Å². The van der Waals surface area contributed by atoms with Gasteiger partial charge >= 0.3 is 12.1 Å². The van der Waals surface area contributed by atoms with Crippen molar-refractivity contribution in [2.24, 2.45) is 17.3 Å². The van der Waals surface area contributed by atoms with Crippen LogP contribution in [0.1, 0.15) is 83.4 Å². The number of rotatable bonds is 7. The first-order chi connectivity index (χ1) is 16.4. The summed E-state index contributed by atoms with van der Waals surface area (Å²) >= 11 is 0. The van der Waals surface area contributed by atoms with E-state index >= 15 is 0 Å². The summed E-state index contributed by atoms with van der Waals surface area (Å²) in [5, 5.41) is 13.6.